The molecule has 0 atom stereocenters. The number of carbonyl (C=O) groups excluding carboxylic acids is 1. The molecule has 5 nitrogen and oxygen atoms in total. The van der Waals surface area contributed by atoms with Gasteiger partial charge in [-0.1, -0.05) is 35.9 Å². The molecule has 24 heavy (non-hydrogen) atoms. The number of hydrogen-bond donors (Lipinski definition) is 2. The van der Waals surface area contributed by atoms with Crippen molar-refractivity contribution in [2.24, 2.45) is 0 Å². The van der Waals surface area contributed by atoms with Gasteiger partial charge in [-0.3, -0.25) is 0 Å². The van der Waals surface area contributed by atoms with Crippen LogP contribution in [-0.2, 0) is 11.3 Å². The molecule has 0 saturated heterocycles. The van der Waals surface area contributed by atoms with Crippen LogP contribution in [0.1, 0.15) is 16.7 Å². The lowest BCUT2D eigenvalue weighted by molar-refractivity contribution is 0.146. The van der Waals surface area contributed by atoms with E-state index in [1.165, 1.54) is 5.56 Å². The minimum Gasteiger partial charge on any atom is -0.489 e. The molecule has 0 spiro atoms. The second-order valence-electron chi connectivity index (χ2n) is 5.64. The van der Waals surface area contributed by atoms with Gasteiger partial charge in [-0.15, -0.1) is 0 Å². The van der Waals surface area contributed by atoms with E-state index in [-0.39, 0.29) is 6.03 Å². The summed E-state index contributed by atoms with van der Waals surface area (Å²) < 4.78 is 10.7. The van der Waals surface area contributed by atoms with E-state index in [0.29, 0.717) is 31.2 Å². The summed E-state index contributed by atoms with van der Waals surface area (Å²) in [6.07, 6.45) is 0. The predicted octanol–water partition coefficient (Wildman–Crippen LogP) is 3.65. The number of nitrogens with one attached hydrogen (secondary N) is 2. The third-order valence-corrected chi connectivity index (χ3v) is 3.47. The molecule has 0 fully saturated rings. The maximum absolute atomic E-state index is 12.1. The maximum Gasteiger partial charge on any atom is 0.319 e. The minimum absolute atomic E-state index is 0.267. The van der Waals surface area contributed by atoms with Crippen LogP contribution >= 0.6 is 0 Å². The standard InChI is InChI=1S/C19H24N2O3/c1-14-5-4-6-16(11-14)13-20-19(22)21-17-8-7-15(2)12-18(17)24-10-9-23-3/h4-8,11-12H,9-10,13H2,1-3H3,(H2,20,21,22). The van der Waals surface area contributed by atoms with E-state index in [1.54, 1.807) is 7.11 Å². The van der Waals surface area contributed by atoms with E-state index in [4.69, 9.17) is 9.47 Å². The molecule has 2 aromatic carbocycles. The summed E-state index contributed by atoms with van der Waals surface area (Å²) in [5, 5.41) is 5.69. The molecule has 0 heterocycles. The molecule has 0 aliphatic heterocycles. The summed E-state index contributed by atoms with van der Waals surface area (Å²) in [6.45, 7) is 5.40. The Morgan fingerprint density at radius 3 is 2.58 bits per heavy atom. The first kappa shape index (κ1) is 17.8. The molecular weight excluding hydrogens is 304 g/mol. The molecule has 0 unspecified atom stereocenters. The van der Waals surface area contributed by atoms with Crippen LogP contribution in [0.4, 0.5) is 10.5 Å². The molecule has 0 aromatic heterocycles. The SMILES string of the molecule is COCCOc1cc(C)ccc1NC(=O)NCc1cccc(C)c1. The third-order valence-electron chi connectivity index (χ3n) is 3.47. The van der Waals surface area contributed by atoms with Crippen molar-refractivity contribution >= 4 is 11.7 Å². The van der Waals surface area contributed by atoms with Crippen LogP contribution in [0.2, 0.25) is 0 Å². The van der Waals surface area contributed by atoms with Gasteiger partial charge in [0.1, 0.15) is 12.4 Å². The maximum atomic E-state index is 12.1. The van der Waals surface area contributed by atoms with Gasteiger partial charge in [-0.05, 0) is 37.1 Å². The summed E-state index contributed by atoms with van der Waals surface area (Å²) in [6, 6.07) is 13.4. The smallest absolute Gasteiger partial charge is 0.319 e. The fourth-order valence-electron chi connectivity index (χ4n) is 2.26. The van der Waals surface area contributed by atoms with Crippen LogP contribution in [0, 0.1) is 13.8 Å². The van der Waals surface area contributed by atoms with E-state index < -0.39 is 0 Å². The van der Waals surface area contributed by atoms with Crippen LogP contribution in [0.25, 0.3) is 0 Å². The number of hydrogen-bond acceptors (Lipinski definition) is 3. The normalized spacial score (nSPS) is 10.3. The Labute approximate surface area is 143 Å². The van der Waals surface area contributed by atoms with Crippen LogP contribution in [0.15, 0.2) is 42.5 Å². The first-order valence-corrected chi connectivity index (χ1v) is 7.91. The van der Waals surface area contributed by atoms with E-state index >= 15 is 0 Å². The molecule has 0 bridgehead atoms. The Kier molecular flexibility index (Phi) is 6.63. The summed E-state index contributed by atoms with van der Waals surface area (Å²) in [7, 11) is 1.62. The number of carbonyl (C=O) groups is 1. The topological polar surface area (TPSA) is 59.6 Å². The summed E-state index contributed by atoms with van der Waals surface area (Å²) >= 11 is 0. The lowest BCUT2D eigenvalue weighted by Crippen LogP contribution is -2.28. The number of anilines is 1. The zero-order chi connectivity index (χ0) is 17.4. The number of ether oxygens (including phenoxy) is 2. The van der Waals surface area contributed by atoms with Gasteiger partial charge in [-0.25, -0.2) is 4.79 Å². The highest BCUT2D eigenvalue weighted by Gasteiger charge is 2.08. The molecule has 0 saturated carbocycles. The van der Waals surface area contributed by atoms with Gasteiger partial charge in [0.05, 0.1) is 12.3 Å². The monoisotopic (exact) mass is 328 g/mol. The van der Waals surface area contributed by atoms with Crippen LogP contribution < -0.4 is 15.4 Å². The van der Waals surface area contributed by atoms with E-state index in [1.807, 2.05) is 56.3 Å². The molecule has 2 N–H and O–H groups in total. The number of aryl methyl sites for hydroxylation is 2. The highest BCUT2D eigenvalue weighted by molar-refractivity contribution is 5.90. The Morgan fingerprint density at radius 2 is 1.83 bits per heavy atom. The first-order valence-electron chi connectivity index (χ1n) is 7.91. The number of rotatable bonds is 7. The average Bonchev–Trinajstić information content (AvgIpc) is 2.56. The molecule has 2 aromatic rings. The second-order valence-corrected chi connectivity index (χ2v) is 5.64. The highest BCUT2D eigenvalue weighted by Crippen LogP contribution is 2.25. The lowest BCUT2D eigenvalue weighted by Gasteiger charge is -2.14. The van der Waals surface area contributed by atoms with Gasteiger partial charge < -0.3 is 20.1 Å². The molecule has 2 rings (SSSR count). The lowest BCUT2D eigenvalue weighted by atomic mass is 10.1. The Balaban J connectivity index is 1.95. The van der Waals surface area contributed by atoms with Crippen molar-refractivity contribution in [3.05, 3.63) is 59.2 Å². The molecular formula is C19H24N2O3. The fourth-order valence-corrected chi connectivity index (χ4v) is 2.26. The molecule has 2 amide bonds. The van der Waals surface area contributed by atoms with Gasteiger partial charge in [0.25, 0.3) is 0 Å². The highest BCUT2D eigenvalue weighted by atomic mass is 16.5. The van der Waals surface area contributed by atoms with Gasteiger partial charge in [0, 0.05) is 13.7 Å². The van der Waals surface area contributed by atoms with Crippen molar-refractivity contribution in [3.63, 3.8) is 0 Å². The average molecular weight is 328 g/mol. The Bertz CT molecular complexity index is 686. The van der Waals surface area contributed by atoms with E-state index in [2.05, 4.69) is 10.6 Å². The van der Waals surface area contributed by atoms with Crippen molar-refractivity contribution < 1.29 is 14.3 Å². The van der Waals surface area contributed by atoms with Crippen LogP contribution in [0.5, 0.6) is 5.75 Å². The number of amides is 2. The van der Waals surface area contributed by atoms with Gasteiger partial charge in [-0.2, -0.15) is 0 Å². The van der Waals surface area contributed by atoms with Crippen molar-refractivity contribution in [2.75, 3.05) is 25.6 Å². The van der Waals surface area contributed by atoms with Gasteiger partial charge in [0.2, 0.25) is 0 Å². The zero-order valence-corrected chi connectivity index (χ0v) is 14.4. The number of urea groups is 1. The van der Waals surface area contributed by atoms with Crippen molar-refractivity contribution in [2.45, 2.75) is 20.4 Å². The first-order chi connectivity index (χ1) is 11.6. The second kappa shape index (κ2) is 8.93. The molecule has 128 valence electrons. The van der Waals surface area contributed by atoms with Gasteiger partial charge >= 0.3 is 6.03 Å². The zero-order valence-electron chi connectivity index (χ0n) is 14.4. The van der Waals surface area contributed by atoms with Crippen molar-refractivity contribution in [1.82, 2.24) is 5.32 Å². The third kappa shape index (κ3) is 5.59. The fraction of sp³-hybridized carbons (Fsp3) is 0.316. The van der Waals surface area contributed by atoms with Crippen molar-refractivity contribution in [1.29, 1.82) is 0 Å². The van der Waals surface area contributed by atoms with E-state index in [9.17, 15) is 4.79 Å². The molecule has 0 aliphatic carbocycles. The van der Waals surface area contributed by atoms with Gasteiger partial charge in [0.15, 0.2) is 0 Å². The number of benzene rings is 2. The van der Waals surface area contributed by atoms with E-state index in [0.717, 1.165) is 11.1 Å². The number of methoxy groups -OCH3 is 1. The van der Waals surface area contributed by atoms with Crippen molar-refractivity contribution in [3.8, 4) is 5.75 Å². The largest absolute Gasteiger partial charge is 0.489 e. The Hall–Kier alpha value is -2.53. The summed E-state index contributed by atoms with van der Waals surface area (Å²) in [4.78, 5) is 12.1. The molecule has 5 heteroatoms. The molecule has 0 radical (unpaired) electrons. The van der Waals surface area contributed by atoms with Crippen LogP contribution in [0.3, 0.4) is 0 Å². The quantitative estimate of drug-likeness (QED) is 0.763. The predicted molar refractivity (Wildman–Crippen MR) is 95.6 cm³/mol. The summed E-state index contributed by atoms with van der Waals surface area (Å²) in [5.41, 5.74) is 3.93. The van der Waals surface area contributed by atoms with Crippen LogP contribution in [-0.4, -0.2) is 26.4 Å². The summed E-state index contributed by atoms with van der Waals surface area (Å²) in [5.74, 6) is 0.637. The Morgan fingerprint density at radius 1 is 1.04 bits per heavy atom. The minimum atomic E-state index is -0.267. The molecule has 0 aliphatic rings.